The van der Waals surface area contributed by atoms with Crippen molar-refractivity contribution < 1.29 is 9.59 Å². The lowest BCUT2D eigenvalue weighted by molar-refractivity contribution is 0.0762. The van der Waals surface area contributed by atoms with Crippen molar-refractivity contribution in [2.75, 3.05) is 13.6 Å². The molecule has 0 bridgehead atoms. The van der Waals surface area contributed by atoms with Gasteiger partial charge < -0.3 is 15.2 Å². The molecule has 134 valence electrons. The van der Waals surface area contributed by atoms with E-state index in [1.807, 2.05) is 0 Å². The van der Waals surface area contributed by atoms with Gasteiger partial charge in [0.2, 0.25) is 0 Å². The minimum Gasteiger partial charge on any atom is -0.346 e. The van der Waals surface area contributed by atoms with E-state index in [1.54, 1.807) is 32.3 Å². The van der Waals surface area contributed by atoms with Gasteiger partial charge in [-0.2, -0.15) is 5.10 Å². The molecule has 3 aromatic rings. The number of nitrogens with one attached hydrogen (secondary N) is 2. The van der Waals surface area contributed by atoms with Crippen LogP contribution in [0.2, 0.25) is 0 Å². The smallest absolute Gasteiger partial charge is 0.272 e. The van der Waals surface area contributed by atoms with Crippen molar-refractivity contribution in [3.8, 4) is 0 Å². The van der Waals surface area contributed by atoms with Gasteiger partial charge in [0.25, 0.3) is 17.4 Å². The number of likely N-dealkylation sites (N-methyl/N-ethyl adjacent to an activating group) is 1. The van der Waals surface area contributed by atoms with Crippen LogP contribution in [0.4, 0.5) is 0 Å². The van der Waals surface area contributed by atoms with E-state index in [4.69, 9.17) is 0 Å². The Balaban J connectivity index is 1.65. The van der Waals surface area contributed by atoms with Crippen molar-refractivity contribution in [3.63, 3.8) is 0 Å². The number of carbonyl (C=O) groups excluding carboxylic acids is 2. The summed E-state index contributed by atoms with van der Waals surface area (Å²) in [6, 6.07) is 4.06. The van der Waals surface area contributed by atoms with Crippen LogP contribution in [0.25, 0.3) is 5.65 Å². The zero-order valence-electron chi connectivity index (χ0n) is 14.2. The molecular weight excluding hydrogens is 338 g/mol. The summed E-state index contributed by atoms with van der Waals surface area (Å²) in [5.74, 6) is -0.737. The van der Waals surface area contributed by atoms with Crippen LogP contribution in [0.3, 0.4) is 0 Å². The summed E-state index contributed by atoms with van der Waals surface area (Å²) in [4.78, 5) is 47.8. The molecule has 0 aliphatic heterocycles. The van der Waals surface area contributed by atoms with E-state index in [9.17, 15) is 14.4 Å². The molecule has 10 heteroatoms. The SMILES string of the molecule is CC(CN(C)C(=O)c1cc(=O)[nH]cn1)NC(=O)c1ccnc2ccnn12. The van der Waals surface area contributed by atoms with Crippen LogP contribution in [0.5, 0.6) is 0 Å². The Hall–Kier alpha value is -3.56. The van der Waals surface area contributed by atoms with E-state index < -0.39 is 11.5 Å². The Kier molecular flexibility index (Phi) is 4.74. The monoisotopic (exact) mass is 355 g/mol. The highest BCUT2D eigenvalue weighted by atomic mass is 16.2. The summed E-state index contributed by atoms with van der Waals surface area (Å²) in [6.45, 7) is 2.01. The first kappa shape index (κ1) is 17.3. The van der Waals surface area contributed by atoms with Gasteiger partial charge in [0, 0.05) is 38.0 Å². The Morgan fingerprint density at radius 3 is 2.88 bits per heavy atom. The van der Waals surface area contributed by atoms with Crippen molar-refractivity contribution in [2.24, 2.45) is 0 Å². The van der Waals surface area contributed by atoms with Gasteiger partial charge in [-0.05, 0) is 13.0 Å². The number of hydrogen-bond acceptors (Lipinski definition) is 6. The van der Waals surface area contributed by atoms with Gasteiger partial charge in [0.15, 0.2) is 5.65 Å². The predicted molar refractivity (Wildman–Crippen MR) is 91.7 cm³/mol. The van der Waals surface area contributed by atoms with E-state index in [0.29, 0.717) is 11.3 Å². The third-order valence-corrected chi connectivity index (χ3v) is 3.69. The average Bonchev–Trinajstić information content (AvgIpc) is 3.09. The van der Waals surface area contributed by atoms with Crippen LogP contribution in [0, 0.1) is 0 Å². The van der Waals surface area contributed by atoms with Crippen LogP contribution < -0.4 is 10.9 Å². The van der Waals surface area contributed by atoms with E-state index in [2.05, 4.69) is 25.4 Å². The predicted octanol–water partition coefficient (Wildman–Crippen LogP) is -0.297. The molecule has 2 N–H and O–H groups in total. The van der Waals surface area contributed by atoms with Gasteiger partial charge in [0.05, 0.1) is 12.5 Å². The molecule has 0 aliphatic carbocycles. The standard InChI is InChI=1S/C16H17N7O3/c1-10(8-22(2)16(26)11-7-14(24)19-9-18-11)21-15(25)12-3-5-17-13-4-6-20-23(12)13/h3-7,9-10H,8H2,1-2H3,(H,21,25)(H,18,19,24). The van der Waals surface area contributed by atoms with Crippen LogP contribution >= 0.6 is 0 Å². The maximum atomic E-state index is 12.5. The number of rotatable bonds is 5. The molecule has 0 saturated carbocycles. The molecule has 0 aromatic carbocycles. The normalized spacial score (nSPS) is 11.9. The van der Waals surface area contributed by atoms with Crippen LogP contribution in [0.1, 0.15) is 27.9 Å². The maximum absolute atomic E-state index is 12.5. The first-order valence-corrected chi connectivity index (χ1v) is 7.85. The quantitative estimate of drug-likeness (QED) is 0.647. The summed E-state index contributed by atoms with van der Waals surface area (Å²) in [6.07, 6.45) is 4.27. The van der Waals surface area contributed by atoms with E-state index >= 15 is 0 Å². The number of hydrogen-bond donors (Lipinski definition) is 2. The highest BCUT2D eigenvalue weighted by Crippen LogP contribution is 2.04. The number of fused-ring (bicyclic) bond motifs is 1. The Bertz CT molecular complexity index is 1010. The fraction of sp³-hybridized carbons (Fsp3) is 0.250. The van der Waals surface area contributed by atoms with Gasteiger partial charge in [-0.1, -0.05) is 0 Å². The zero-order valence-corrected chi connectivity index (χ0v) is 14.2. The summed E-state index contributed by atoms with van der Waals surface area (Å²) >= 11 is 0. The Labute approximate surface area is 147 Å². The molecule has 2 amide bonds. The molecule has 0 fully saturated rings. The van der Waals surface area contributed by atoms with Crippen molar-refractivity contribution in [1.82, 2.24) is 34.8 Å². The molecular formula is C16H17N7O3. The Morgan fingerprint density at radius 1 is 1.31 bits per heavy atom. The van der Waals surface area contributed by atoms with Crippen LogP contribution in [0.15, 0.2) is 41.7 Å². The molecule has 3 aromatic heterocycles. The lowest BCUT2D eigenvalue weighted by Crippen LogP contribution is -2.43. The number of amides is 2. The summed E-state index contributed by atoms with van der Waals surface area (Å²) in [5, 5.41) is 6.89. The second-order valence-corrected chi connectivity index (χ2v) is 5.79. The largest absolute Gasteiger partial charge is 0.346 e. The van der Waals surface area contributed by atoms with Crippen molar-refractivity contribution in [1.29, 1.82) is 0 Å². The fourth-order valence-electron chi connectivity index (χ4n) is 2.52. The first-order chi connectivity index (χ1) is 12.5. The van der Waals surface area contributed by atoms with Gasteiger partial charge in [-0.25, -0.2) is 14.5 Å². The molecule has 0 radical (unpaired) electrons. The lowest BCUT2D eigenvalue weighted by atomic mass is 10.2. The number of aromatic nitrogens is 5. The maximum Gasteiger partial charge on any atom is 0.272 e. The molecule has 3 rings (SSSR count). The first-order valence-electron chi connectivity index (χ1n) is 7.85. The highest BCUT2D eigenvalue weighted by Gasteiger charge is 2.19. The third-order valence-electron chi connectivity index (χ3n) is 3.69. The molecule has 10 nitrogen and oxygen atoms in total. The molecule has 1 unspecified atom stereocenters. The van der Waals surface area contributed by atoms with Crippen LogP contribution in [-0.2, 0) is 0 Å². The Morgan fingerprint density at radius 2 is 2.12 bits per heavy atom. The van der Waals surface area contributed by atoms with E-state index in [1.165, 1.54) is 21.9 Å². The average molecular weight is 355 g/mol. The summed E-state index contributed by atoms with van der Waals surface area (Å²) in [7, 11) is 1.58. The number of H-pyrrole nitrogens is 1. The topological polar surface area (TPSA) is 125 Å². The number of carbonyl (C=O) groups is 2. The van der Waals surface area contributed by atoms with E-state index in [-0.39, 0.29) is 24.2 Å². The molecule has 1 atom stereocenters. The van der Waals surface area contributed by atoms with Gasteiger partial charge in [0.1, 0.15) is 11.4 Å². The number of nitrogens with zero attached hydrogens (tertiary/aromatic N) is 5. The number of aromatic amines is 1. The lowest BCUT2D eigenvalue weighted by Gasteiger charge is -2.22. The molecule has 26 heavy (non-hydrogen) atoms. The fourth-order valence-corrected chi connectivity index (χ4v) is 2.52. The van der Waals surface area contributed by atoms with E-state index in [0.717, 1.165) is 6.07 Å². The van der Waals surface area contributed by atoms with Crippen molar-refractivity contribution in [3.05, 3.63) is 58.7 Å². The summed E-state index contributed by atoms with van der Waals surface area (Å²) in [5.41, 5.74) is 0.552. The molecule has 0 saturated heterocycles. The second kappa shape index (κ2) is 7.13. The molecule has 0 spiro atoms. The second-order valence-electron chi connectivity index (χ2n) is 5.79. The van der Waals surface area contributed by atoms with Gasteiger partial charge >= 0.3 is 0 Å². The molecule has 3 heterocycles. The van der Waals surface area contributed by atoms with Crippen molar-refractivity contribution >= 4 is 17.5 Å². The van der Waals surface area contributed by atoms with Crippen LogP contribution in [-0.4, -0.2) is 60.9 Å². The minimum atomic E-state index is -0.407. The third kappa shape index (κ3) is 3.58. The molecule has 0 aliphatic rings. The van der Waals surface area contributed by atoms with Gasteiger partial charge in [-0.15, -0.1) is 0 Å². The zero-order chi connectivity index (χ0) is 18.7. The minimum absolute atomic E-state index is 0.0437. The highest BCUT2D eigenvalue weighted by molar-refractivity contribution is 5.93. The summed E-state index contributed by atoms with van der Waals surface area (Å²) < 4.78 is 1.44. The van der Waals surface area contributed by atoms with Crippen molar-refractivity contribution in [2.45, 2.75) is 13.0 Å². The van der Waals surface area contributed by atoms with Gasteiger partial charge in [-0.3, -0.25) is 14.4 Å².